The number of aromatic nitrogens is 4. The Labute approximate surface area is 185 Å². The second-order valence-corrected chi connectivity index (χ2v) is 7.81. The Morgan fingerprint density at radius 1 is 1.03 bits per heavy atom. The number of pyridine rings is 1. The van der Waals surface area contributed by atoms with Crippen LogP contribution in [-0.2, 0) is 6.54 Å². The highest BCUT2D eigenvalue weighted by atomic mass is 19.1. The molecule has 0 aliphatic heterocycles. The summed E-state index contributed by atoms with van der Waals surface area (Å²) >= 11 is 0. The van der Waals surface area contributed by atoms with Crippen LogP contribution in [0, 0.1) is 12.7 Å². The van der Waals surface area contributed by atoms with Gasteiger partial charge in [-0.1, -0.05) is 30.3 Å². The number of hydrogen-bond acceptors (Lipinski definition) is 5. The van der Waals surface area contributed by atoms with E-state index in [2.05, 4.69) is 45.8 Å². The van der Waals surface area contributed by atoms with Crippen LogP contribution in [0.5, 0.6) is 0 Å². The molecule has 0 amide bonds. The van der Waals surface area contributed by atoms with Gasteiger partial charge in [0.2, 0.25) is 0 Å². The van der Waals surface area contributed by atoms with E-state index < -0.39 is 0 Å². The van der Waals surface area contributed by atoms with Crippen molar-refractivity contribution in [2.75, 3.05) is 10.6 Å². The quantitative estimate of drug-likeness (QED) is 0.375. The summed E-state index contributed by atoms with van der Waals surface area (Å²) in [5, 5.41) is 12.2. The second-order valence-electron chi connectivity index (χ2n) is 7.81. The summed E-state index contributed by atoms with van der Waals surface area (Å²) in [5.41, 5.74) is 4.10. The highest BCUT2D eigenvalue weighted by Crippen LogP contribution is 2.30. The van der Waals surface area contributed by atoms with Crippen LogP contribution in [-0.4, -0.2) is 19.6 Å². The molecule has 3 heterocycles. The predicted molar refractivity (Wildman–Crippen MR) is 125 cm³/mol. The molecule has 2 aromatic carbocycles. The van der Waals surface area contributed by atoms with E-state index in [1.54, 1.807) is 29.9 Å². The van der Waals surface area contributed by atoms with Gasteiger partial charge in [-0.2, -0.15) is 9.61 Å². The van der Waals surface area contributed by atoms with Gasteiger partial charge in [-0.25, -0.2) is 14.4 Å². The lowest BCUT2D eigenvalue weighted by Gasteiger charge is -2.21. The summed E-state index contributed by atoms with van der Waals surface area (Å²) in [4.78, 5) is 9.16. The molecule has 5 rings (SSSR count). The zero-order valence-electron chi connectivity index (χ0n) is 17.9. The molecule has 160 valence electrons. The van der Waals surface area contributed by atoms with Gasteiger partial charge >= 0.3 is 0 Å². The average molecular weight is 426 g/mol. The van der Waals surface area contributed by atoms with Crippen LogP contribution in [0.25, 0.3) is 16.6 Å². The molecule has 0 saturated heterocycles. The Hall–Kier alpha value is -4.00. The van der Waals surface area contributed by atoms with Gasteiger partial charge in [0.25, 0.3) is 0 Å². The Kier molecular flexibility index (Phi) is 5.15. The van der Waals surface area contributed by atoms with Crippen molar-refractivity contribution < 1.29 is 4.39 Å². The smallest absolute Gasteiger partial charge is 0.157 e. The lowest BCUT2D eigenvalue weighted by atomic mass is 10.0. The van der Waals surface area contributed by atoms with Crippen LogP contribution in [0.1, 0.15) is 29.7 Å². The minimum absolute atomic E-state index is 0.0923. The van der Waals surface area contributed by atoms with Crippen LogP contribution in [0.3, 0.4) is 0 Å². The fourth-order valence-corrected chi connectivity index (χ4v) is 3.87. The molecule has 7 heteroatoms. The third kappa shape index (κ3) is 3.73. The molecule has 0 aliphatic rings. The van der Waals surface area contributed by atoms with E-state index in [0.29, 0.717) is 17.6 Å². The fourth-order valence-electron chi connectivity index (χ4n) is 3.87. The number of fused-ring (bicyclic) bond motifs is 2. The summed E-state index contributed by atoms with van der Waals surface area (Å²) in [6.45, 7) is 4.45. The third-order valence-corrected chi connectivity index (χ3v) is 5.63. The third-order valence-electron chi connectivity index (χ3n) is 5.63. The normalized spacial score (nSPS) is 12.2. The van der Waals surface area contributed by atoms with E-state index in [9.17, 15) is 4.39 Å². The number of rotatable bonds is 6. The molecule has 0 bridgehead atoms. The summed E-state index contributed by atoms with van der Waals surface area (Å²) in [7, 11) is 0. The van der Waals surface area contributed by atoms with Gasteiger partial charge < -0.3 is 10.6 Å². The highest BCUT2D eigenvalue weighted by Gasteiger charge is 2.17. The van der Waals surface area contributed by atoms with Crippen LogP contribution in [0.4, 0.5) is 16.0 Å². The van der Waals surface area contributed by atoms with E-state index in [-0.39, 0.29) is 11.9 Å². The lowest BCUT2D eigenvalue weighted by Crippen LogP contribution is -2.14. The Morgan fingerprint density at radius 2 is 1.88 bits per heavy atom. The second kappa shape index (κ2) is 8.26. The molecule has 0 saturated carbocycles. The maximum absolute atomic E-state index is 14.2. The minimum Gasteiger partial charge on any atom is -0.366 e. The van der Waals surface area contributed by atoms with Gasteiger partial charge in [0.1, 0.15) is 17.5 Å². The average Bonchev–Trinajstić information content (AvgIpc) is 3.30. The molecule has 5 aromatic rings. The number of benzene rings is 2. The van der Waals surface area contributed by atoms with Crippen molar-refractivity contribution in [1.29, 1.82) is 0 Å². The first-order valence-corrected chi connectivity index (χ1v) is 10.5. The molecule has 0 spiro atoms. The van der Waals surface area contributed by atoms with Gasteiger partial charge in [-0.05, 0) is 43.7 Å². The first-order valence-electron chi connectivity index (χ1n) is 10.5. The maximum Gasteiger partial charge on any atom is 0.157 e. The van der Waals surface area contributed by atoms with Gasteiger partial charge in [0.05, 0.1) is 17.8 Å². The number of anilines is 2. The van der Waals surface area contributed by atoms with Crippen molar-refractivity contribution in [2.45, 2.75) is 26.4 Å². The molecule has 6 nitrogen and oxygen atoms in total. The van der Waals surface area contributed by atoms with Crippen molar-refractivity contribution in [3.63, 3.8) is 0 Å². The highest BCUT2D eigenvalue weighted by molar-refractivity contribution is 5.85. The molecule has 0 radical (unpaired) electrons. The number of hydrogen-bond donors (Lipinski definition) is 2. The van der Waals surface area contributed by atoms with Crippen molar-refractivity contribution in [2.24, 2.45) is 0 Å². The zero-order valence-corrected chi connectivity index (χ0v) is 17.9. The molecular weight excluding hydrogens is 403 g/mol. The minimum atomic E-state index is -0.254. The monoisotopic (exact) mass is 426 g/mol. The van der Waals surface area contributed by atoms with E-state index in [1.807, 2.05) is 30.3 Å². The zero-order chi connectivity index (χ0) is 22.1. The fraction of sp³-hybridized carbons (Fsp3) is 0.160. The van der Waals surface area contributed by atoms with E-state index >= 15 is 0 Å². The molecule has 1 unspecified atom stereocenters. The lowest BCUT2D eigenvalue weighted by molar-refractivity contribution is 0.620. The van der Waals surface area contributed by atoms with E-state index in [1.165, 1.54) is 6.07 Å². The van der Waals surface area contributed by atoms with Gasteiger partial charge in [0.15, 0.2) is 5.65 Å². The molecule has 3 aromatic heterocycles. The molecule has 0 aliphatic carbocycles. The summed E-state index contributed by atoms with van der Waals surface area (Å²) in [6, 6.07) is 19.1. The number of halogens is 1. The Balaban J connectivity index is 1.54. The SMILES string of the molecule is Cc1c(F)ccc2cc(C(C)Nc3ccnc4ccnn34)c(NCc3ccccc3)nc12. The first-order chi connectivity index (χ1) is 15.6. The topological polar surface area (TPSA) is 67.1 Å². The summed E-state index contributed by atoms with van der Waals surface area (Å²) < 4.78 is 16.0. The number of aryl methyl sites for hydroxylation is 1. The van der Waals surface area contributed by atoms with Crippen LogP contribution < -0.4 is 10.6 Å². The van der Waals surface area contributed by atoms with Crippen molar-refractivity contribution >= 4 is 28.2 Å². The van der Waals surface area contributed by atoms with Crippen molar-refractivity contribution in [1.82, 2.24) is 19.6 Å². The van der Waals surface area contributed by atoms with Gasteiger partial charge in [-0.15, -0.1) is 0 Å². The predicted octanol–water partition coefficient (Wildman–Crippen LogP) is 5.51. The Morgan fingerprint density at radius 3 is 2.72 bits per heavy atom. The largest absolute Gasteiger partial charge is 0.366 e. The van der Waals surface area contributed by atoms with Gasteiger partial charge in [0, 0.05) is 35.3 Å². The maximum atomic E-state index is 14.2. The van der Waals surface area contributed by atoms with Gasteiger partial charge in [-0.3, -0.25) is 0 Å². The molecule has 0 fully saturated rings. The van der Waals surface area contributed by atoms with Crippen LogP contribution >= 0.6 is 0 Å². The van der Waals surface area contributed by atoms with Crippen LogP contribution in [0.2, 0.25) is 0 Å². The van der Waals surface area contributed by atoms with Crippen molar-refractivity contribution in [3.8, 4) is 0 Å². The standard InChI is InChI=1S/C25H23FN6/c1-16-21(26)9-8-19-14-20(17(2)30-23-10-12-27-22-11-13-29-32(22)23)25(31-24(16)19)28-15-18-6-4-3-5-7-18/h3-14,17,30H,15H2,1-2H3,(H,28,31). The molecular formula is C25H23FN6. The van der Waals surface area contributed by atoms with E-state index in [0.717, 1.165) is 33.8 Å². The van der Waals surface area contributed by atoms with Crippen molar-refractivity contribution in [3.05, 3.63) is 95.6 Å². The molecule has 1 atom stereocenters. The number of nitrogens with one attached hydrogen (secondary N) is 2. The first kappa shape index (κ1) is 19.9. The summed E-state index contributed by atoms with van der Waals surface area (Å²) in [5.74, 6) is 1.30. The molecule has 32 heavy (non-hydrogen) atoms. The van der Waals surface area contributed by atoms with E-state index in [4.69, 9.17) is 4.98 Å². The number of nitrogens with zero attached hydrogens (tertiary/aromatic N) is 4. The Bertz CT molecular complexity index is 1400. The van der Waals surface area contributed by atoms with Crippen LogP contribution in [0.15, 0.2) is 73.1 Å². The summed E-state index contributed by atoms with van der Waals surface area (Å²) in [6.07, 6.45) is 3.48. The molecule has 2 N–H and O–H groups in total.